The first-order chi connectivity index (χ1) is 9.29. The van der Waals surface area contributed by atoms with Gasteiger partial charge in [0.15, 0.2) is 0 Å². The largest absolute Gasteiger partial charge is 0.481 e. The molecule has 0 radical (unpaired) electrons. The Morgan fingerprint density at radius 1 is 1.40 bits per heavy atom. The van der Waals surface area contributed by atoms with Crippen molar-refractivity contribution in [3.8, 4) is 0 Å². The molecule has 7 nitrogen and oxygen atoms in total. The average molecular weight is 283 g/mol. The zero-order chi connectivity index (χ0) is 14.9. The zero-order valence-corrected chi connectivity index (χ0v) is 12.3. The fraction of sp³-hybridized carbons (Fsp3) is 0.769. The minimum absolute atomic E-state index is 0.169. The van der Waals surface area contributed by atoms with E-state index in [0.29, 0.717) is 24.9 Å². The second kappa shape index (κ2) is 5.49. The van der Waals surface area contributed by atoms with Gasteiger partial charge in [0.1, 0.15) is 0 Å². The Balaban J connectivity index is 2.02. The van der Waals surface area contributed by atoms with E-state index < -0.39 is 11.9 Å². The Labute approximate surface area is 117 Å². The Morgan fingerprint density at radius 3 is 2.65 bits per heavy atom. The maximum atomic E-state index is 11.1. The second-order valence-electron chi connectivity index (χ2n) is 6.22. The molecule has 1 aliphatic heterocycles. The van der Waals surface area contributed by atoms with Gasteiger partial charge in [0.2, 0.25) is 11.8 Å². The van der Waals surface area contributed by atoms with Crippen molar-refractivity contribution in [2.24, 2.45) is 5.92 Å². The van der Waals surface area contributed by atoms with Gasteiger partial charge in [-0.15, -0.1) is 10.2 Å². The van der Waals surface area contributed by atoms with Crippen molar-refractivity contribution in [1.29, 1.82) is 0 Å². The van der Waals surface area contributed by atoms with Crippen molar-refractivity contribution in [2.75, 3.05) is 20.3 Å². The number of hydrogen-bond acceptors (Lipinski definition) is 6. The third-order valence-corrected chi connectivity index (χ3v) is 3.43. The van der Waals surface area contributed by atoms with E-state index in [0.717, 1.165) is 0 Å². The van der Waals surface area contributed by atoms with Crippen molar-refractivity contribution in [3.05, 3.63) is 11.8 Å². The molecule has 2 rings (SSSR count). The summed E-state index contributed by atoms with van der Waals surface area (Å²) >= 11 is 0. The molecule has 0 saturated carbocycles. The number of carbonyl (C=O) groups is 1. The molecule has 2 unspecified atom stereocenters. The lowest BCUT2D eigenvalue weighted by Crippen LogP contribution is -2.40. The van der Waals surface area contributed by atoms with Gasteiger partial charge in [0.25, 0.3) is 0 Å². The standard InChI is InChI=1S/C13H21N3O4/c1-13(2,3)12-15-14-10(20-12)5-16(4)9-7-19-6-8(9)11(17)18/h8-9H,5-7H2,1-4H3,(H,17,18). The summed E-state index contributed by atoms with van der Waals surface area (Å²) in [4.78, 5) is 13.0. The van der Waals surface area contributed by atoms with E-state index in [1.54, 1.807) is 0 Å². The minimum Gasteiger partial charge on any atom is -0.481 e. The van der Waals surface area contributed by atoms with E-state index in [2.05, 4.69) is 10.2 Å². The van der Waals surface area contributed by atoms with Crippen molar-refractivity contribution < 1.29 is 19.1 Å². The normalized spacial score (nSPS) is 23.4. The molecule has 20 heavy (non-hydrogen) atoms. The zero-order valence-electron chi connectivity index (χ0n) is 12.3. The number of carboxylic acids is 1. The molecule has 0 amide bonds. The van der Waals surface area contributed by atoms with Crippen molar-refractivity contribution in [2.45, 2.75) is 38.8 Å². The molecule has 1 saturated heterocycles. The highest BCUT2D eigenvalue weighted by Gasteiger charge is 2.37. The highest BCUT2D eigenvalue weighted by atomic mass is 16.5. The fourth-order valence-electron chi connectivity index (χ4n) is 2.16. The molecule has 0 aliphatic carbocycles. The van der Waals surface area contributed by atoms with Gasteiger partial charge in [-0.3, -0.25) is 9.69 Å². The molecule has 1 aliphatic rings. The predicted molar refractivity (Wildman–Crippen MR) is 70.2 cm³/mol. The van der Waals surface area contributed by atoms with Crippen LogP contribution in [0.2, 0.25) is 0 Å². The van der Waals surface area contributed by atoms with Crippen LogP contribution in [0.15, 0.2) is 4.42 Å². The summed E-state index contributed by atoms with van der Waals surface area (Å²) in [5, 5.41) is 17.2. The molecule has 1 fully saturated rings. The van der Waals surface area contributed by atoms with Gasteiger partial charge in [-0.25, -0.2) is 0 Å². The van der Waals surface area contributed by atoms with E-state index in [1.165, 1.54) is 0 Å². The SMILES string of the molecule is CN(Cc1nnc(C(C)(C)C)o1)C1COCC1C(=O)O. The van der Waals surface area contributed by atoms with Crippen LogP contribution in [0.25, 0.3) is 0 Å². The minimum atomic E-state index is -0.833. The Hall–Kier alpha value is -1.47. The maximum Gasteiger partial charge on any atom is 0.310 e. The molecular formula is C13H21N3O4. The molecule has 2 heterocycles. The van der Waals surface area contributed by atoms with Gasteiger partial charge in [0.05, 0.1) is 25.7 Å². The van der Waals surface area contributed by atoms with Crippen LogP contribution in [0.4, 0.5) is 0 Å². The summed E-state index contributed by atoms with van der Waals surface area (Å²) in [6.07, 6.45) is 0. The van der Waals surface area contributed by atoms with Gasteiger partial charge >= 0.3 is 5.97 Å². The second-order valence-corrected chi connectivity index (χ2v) is 6.22. The number of rotatable bonds is 4. The lowest BCUT2D eigenvalue weighted by atomic mass is 9.97. The first-order valence-electron chi connectivity index (χ1n) is 6.62. The van der Waals surface area contributed by atoms with Crippen LogP contribution in [-0.2, 0) is 21.5 Å². The van der Waals surface area contributed by atoms with Crippen LogP contribution >= 0.6 is 0 Å². The summed E-state index contributed by atoms with van der Waals surface area (Å²) in [5.74, 6) is -0.267. The number of carboxylic acid groups (broad SMARTS) is 1. The summed E-state index contributed by atoms with van der Waals surface area (Å²) in [6, 6.07) is -0.169. The highest BCUT2D eigenvalue weighted by molar-refractivity contribution is 5.71. The smallest absolute Gasteiger partial charge is 0.310 e. The predicted octanol–water partition coefficient (Wildman–Crippen LogP) is 0.898. The molecule has 1 N–H and O–H groups in total. The third-order valence-electron chi connectivity index (χ3n) is 3.43. The molecule has 112 valence electrons. The number of likely N-dealkylation sites (N-methyl/N-ethyl adjacent to an activating group) is 1. The van der Waals surface area contributed by atoms with Crippen molar-refractivity contribution in [3.63, 3.8) is 0 Å². The quantitative estimate of drug-likeness (QED) is 0.878. The highest BCUT2D eigenvalue weighted by Crippen LogP contribution is 2.23. The van der Waals surface area contributed by atoms with Crippen LogP contribution in [0.5, 0.6) is 0 Å². The van der Waals surface area contributed by atoms with Crippen molar-refractivity contribution >= 4 is 5.97 Å². The van der Waals surface area contributed by atoms with E-state index in [4.69, 9.17) is 14.3 Å². The van der Waals surface area contributed by atoms with Gasteiger partial charge in [0, 0.05) is 11.5 Å². The van der Waals surface area contributed by atoms with Crippen LogP contribution < -0.4 is 0 Å². The van der Waals surface area contributed by atoms with Gasteiger partial charge < -0.3 is 14.3 Å². The van der Waals surface area contributed by atoms with Crippen molar-refractivity contribution in [1.82, 2.24) is 15.1 Å². The molecular weight excluding hydrogens is 262 g/mol. The van der Waals surface area contributed by atoms with Gasteiger partial charge in [-0.1, -0.05) is 20.8 Å². The van der Waals surface area contributed by atoms with E-state index in [9.17, 15) is 4.79 Å². The molecule has 0 bridgehead atoms. The van der Waals surface area contributed by atoms with E-state index in [-0.39, 0.29) is 18.1 Å². The monoisotopic (exact) mass is 283 g/mol. The summed E-state index contributed by atoms with van der Waals surface area (Å²) < 4.78 is 10.9. The van der Waals surface area contributed by atoms with E-state index in [1.807, 2.05) is 32.7 Å². The van der Waals surface area contributed by atoms with Crippen LogP contribution in [0.3, 0.4) is 0 Å². The van der Waals surface area contributed by atoms with Gasteiger partial charge in [-0.2, -0.15) is 0 Å². The van der Waals surface area contributed by atoms with E-state index >= 15 is 0 Å². The Morgan fingerprint density at radius 2 is 2.10 bits per heavy atom. The molecule has 0 spiro atoms. The van der Waals surface area contributed by atoms with Crippen LogP contribution in [-0.4, -0.2) is 52.5 Å². The van der Waals surface area contributed by atoms with Crippen LogP contribution in [0.1, 0.15) is 32.6 Å². The molecule has 7 heteroatoms. The fourth-order valence-corrected chi connectivity index (χ4v) is 2.16. The van der Waals surface area contributed by atoms with Crippen LogP contribution in [0, 0.1) is 5.92 Å². The first-order valence-corrected chi connectivity index (χ1v) is 6.62. The number of nitrogens with zero attached hydrogens (tertiary/aromatic N) is 3. The molecule has 2 atom stereocenters. The van der Waals surface area contributed by atoms with Gasteiger partial charge in [-0.05, 0) is 7.05 Å². The maximum absolute atomic E-state index is 11.1. The first kappa shape index (κ1) is 14.9. The number of hydrogen-bond donors (Lipinski definition) is 1. The molecule has 1 aromatic rings. The lowest BCUT2D eigenvalue weighted by Gasteiger charge is -2.24. The summed E-state index contributed by atoms with van der Waals surface area (Å²) in [7, 11) is 1.84. The third kappa shape index (κ3) is 3.16. The molecule has 0 aromatic carbocycles. The number of ether oxygens (including phenoxy) is 1. The number of aromatic nitrogens is 2. The topological polar surface area (TPSA) is 88.7 Å². The Kier molecular flexibility index (Phi) is 4.10. The lowest BCUT2D eigenvalue weighted by molar-refractivity contribution is -0.143. The number of aliphatic carboxylic acids is 1. The summed E-state index contributed by atoms with van der Waals surface area (Å²) in [5.41, 5.74) is -0.191. The Bertz CT molecular complexity index is 480. The summed E-state index contributed by atoms with van der Waals surface area (Å²) in [6.45, 7) is 7.08. The average Bonchev–Trinajstić information content (AvgIpc) is 2.95. The molecule has 1 aromatic heterocycles.